The number of benzene rings is 2. The third-order valence-corrected chi connectivity index (χ3v) is 7.31. The highest BCUT2D eigenvalue weighted by Gasteiger charge is 2.25. The number of amides is 1. The number of hydrogen-bond donors (Lipinski definition) is 1. The molecule has 0 spiro atoms. The van der Waals surface area contributed by atoms with Gasteiger partial charge in [-0.25, -0.2) is 4.98 Å². The second kappa shape index (κ2) is 11.0. The smallest absolute Gasteiger partial charge is 0.239 e. The van der Waals surface area contributed by atoms with Gasteiger partial charge in [0.15, 0.2) is 22.2 Å². The summed E-state index contributed by atoms with van der Waals surface area (Å²) in [5, 5.41) is 14.5. The fourth-order valence-corrected chi connectivity index (χ4v) is 5.02. The fraction of sp³-hybridized carbons (Fsp3) is 0.308. The Morgan fingerprint density at radius 2 is 1.74 bits per heavy atom. The maximum absolute atomic E-state index is 12.8. The molecule has 0 fully saturated rings. The number of nitrogens with zero attached hydrogens (tertiary/aromatic N) is 4. The number of hydrogen-bond acceptors (Lipinski definition) is 7. The Labute approximate surface area is 214 Å². The normalized spacial score (nSPS) is 13.0. The molecule has 2 atom stereocenters. The molecule has 0 saturated carbocycles. The van der Waals surface area contributed by atoms with Crippen LogP contribution in [0.1, 0.15) is 56.8 Å². The van der Waals surface area contributed by atoms with Crippen LogP contribution in [-0.4, -0.2) is 30.9 Å². The fourth-order valence-electron chi connectivity index (χ4n) is 3.46. The minimum absolute atomic E-state index is 0.136. The summed E-state index contributed by atoms with van der Waals surface area (Å²) in [5.41, 5.74) is 3.05. The lowest BCUT2D eigenvalue weighted by atomic mass is 10.0. The Hall–Kier alpha value is -3.17. The highest BCUT2D eigenvalue weighted by atomic mass is 32.2. The number of rotatable bonds is 9. The number of carbonyl (C=O) groups excluding carboxylic acids is 1. The Balaban J connectivity index is 1.56. The van der Waals surface area contributed by atoms with Crippen molar-refractivity contribution in [1.82, 2.24) is 19.7 Å². The molecule has 7 nitrogen and oxygen atoms in total. The molecule has 2 aromatic carbocycles. The summed E-state index contributed by atoms with van der Waals surface area (Å²) in [6, 6.07) is 18.0. The zero-order valence-electron chi connectivity index (χ0n) is 20.4. The third kappa shape index (κ3) is 6.10. The molecular weight excluding hydrogens is 478 g/mol. The van der Waals surface area contributed by atoms with Gasteiger partial charge in [-0.15, -0.1) is 21.5 Å². The summed E-state index contributed by atoms with van der Waals surface area (Å²) < 4.78 is 8.18. The summed E-state index contributed by atoms with van der Waals surface area (Å²) in [6.07, 6.45) is -0.357. The molecule has 2 heterocycles. The van der Waals surface area contributed by atoms with E-state index in [1.165, 1.54) is 28.7 Å². The topological polar surface area (TPSA) is 81.9 Å². The lowest BCUT2D eigenvalue weighted by Gasteiger charge is -2.18. The van der Waals surface area contributed by atoms with Crippen molar-refractivity contribution in [3.63, 3.8) is 0 Å². The standard InChI is InChI=1S/C26H29N5O2S2/c1-16(2)20-11-13-22(14-12-20)33-18(4)23-29-30-26(31(23)21-9-7-6-8-10-21)35-19(5)24(32)28-25-27-17(3)15-34-25/h6-16,18-19H,1-5H3,(H,27,28,32). The van der Waals surface area contributed by atoms with Gasteiger partial charge in [-0.05, 0) is 56.5 Å². The van der Waals surface area contributed by atoms with Crippen LogP contribution in [0.4, 0.5) is 5.13 Å². The van der Waals surface area contributed by atoms with E-state index < -0.39 is 5.25 Å². The number of nitrogens with one attached hydrogen (secondary N) is 1. The van der Waals surface area contributed by atoms with Crippen molar-refractivity contribution < 1.29 is 9.53 Å². The van der Waals surface area contributed by atoms with E-state index in [4.69, 9.17) is 4.74 Å². The predicted molar refractivity (Wildman–Crippen MR) is 142 cm³/mol. The van der Waals surface area contributed by atoms with E-state index in [1.54, 1.807) is 0 Å². The number of para-hydroxylation sites is 1. The molecule has 0 aliphatic rings. The molecule has 0 aliphatic heterocycles. The molecule has 0 saturated heterocycles. The number of ether oxygens (including phenoxy) is 1. The summed E-state index contributed by atoms with van der Waals surface area (Å²) >= 11 is 2.76. The van der Waals surface area contributed by atoms with Crippen molar-refractivity contribution >= 4 is 34.1 Å². The van der Waals surface area contributed by atoms with E-state index in [0.29, 0.717) is 22.0 Å². The maximum atomic E-state index is 12.8. The lowest BCUT2D eigenvalue weighted by molar-refractivity contribution is -0.115. The van der Waals surface area contributed by atoms with E-state index in [1.807, 2.05) is 73.2 Å². The van der Waals surface area contributed by atoms with Gasteiger partial charge in [0.05, 0.1) is 10.9 Å². The van der Waals surface area contributed by atoms with Crippen LogP contribution in [-0.2, 0) is 4.79 Å². The first-order chi connectivity index (χ1) is 16.8. The number of aryl methyl sites for hydroxylation is 1. The van der Waals surface area contributed by atoms with Crippen molar-refractivity contribution in [2.45, 2.75) is 57.0 Å². The van der Waals surface area contributed by atoms with E-state index in [-0.39, 0.29) is 12.0 Å². The molecule has 4 aromatic rings. The van der Waals surface area contributed by atoms with Crippen molar-refractivity contribution in [3.8, 4) is 11.4 Å². The predicted octanol–water partition coefficient (Wildman–Crippen LogP) is 6.41. The molecule has 0 bridgehead atoms. The Bertz CT molecular complexity index is 1270. The first-order valence-electron chi connectivity index (χ1n) is 11.5. The maximum Gasteiger partial charge on any atom is 0.239 e. The summed E-state index contributed by atoms with van der Waals surface area (Å²) in [7, 11) is 0. The second-order valence-corrected chi connectivity index (χ2v) is 10.7. The van der Waals surface area contributed by atoms with Gasteiger partial charge in [-0.1, -0.05) is 55.9 Å². The van der Waals surface area contributed by atoms with Crippen LogP contribution in [0.25, 0.3) is 5.69 Å². The molecule has 182 valence electrons. The largest absolute Gasteiger partial charge is 0.483 e. The molecule has 1 amide bonds. The lowest BCUT2D eigenvalue weighted by Crippen LogP contribution is -2.23. The van der Waals surface area contributed by atoms with Crippen LogP contribution in [0.5, 0.6) is 5.75 Å². The monoisotopic (exact) mass is 507 g/mol. The van der Waals surface area contributed by atoms with Crippen molar-refractivity contribution in [3.05, 3.63) is 77.1 Å². The molecule has 9 heteroatoms. The molecule has 0 aliphatic carbocycles. The Morgan fingerprint density at radius 3 is 2.37 bits per heavy atom. The highest BCUT2D eigenvalue weighted by molar-refractivity contribution is 8.00. The Morgan fingerprint density at radius 1 is 1.03 bits per heavy atom. The van der Waals surface area contributed by atoms with Gasteiger partial charge in [-0.3, -0.25) is 9.36 Å². The van der Waals surface area contributed by atoms with E-state index in [9.17, 15) is 4.79 Å². The Kier molecular flexibility index (Phi) is 7.87. The molecule has 35 heavy (non-hydrogen) atoms. The van der Waals surface area contributed by atoms with E-state index in [2.05, 4.69) is 46.5 Å². The van der Waals surface area contributed by atoms with E-state index in [0.717, 1.165) is 17.1 Å². The van der Waals surface area contributed by atoms with Gasteiger partial charge in [0.25, 0.3) is 0 Å². The molecule has 2 unspecified atom stereocenters. The average molecular weight is 508 g/mol. The number of thioether (sulfide) groups is 1. The quantitative estimate of drug-likeness (QED) is 0.263. The van der Waals surface area contributed by atoms with Crippen LogP contribution in [0, 0.1) is 6.92 Å². The van der Waals surface area contributed by atoms with Gasteiger partial charge in [0.1, 0.15) is 5.75 Å². The minimum Gasteiger partial charge on any atom is -0.483 e. The molecule has 4 rings (SSSR count). The molecule has 1 N–H and O–H groups in total. The summed E-state index contributed by atoms with van der Waals surface area (Å²) in [5.74, 6) is 1.75. The summed E-state index contributed by atoms with van der Waals surface area (Å²) in [6.45, 7) is 10.0. The zero-order valence-corrected chi connectivity index (χ0v) is 22.1. The third-order valence-electron chi connectivity index (χ3n) is 5.40. The number of aromatic nitrogens is 4. The number of carbonyl (C=O) groups is 1. The molecule has 2 aromatic heterocycles. The van der Waals surface area contributed by atoms with Crippen LogP contribution in [0.15, 0.2) is 65.1 Å². The molecule has 0 radical (unpaired) electrons. The van der Waals surface area contributed by atoms with Gasteiger partial charge >= 0.3 is 0 Å². The van der Waals surface area contributed by atoms with Crippen LogP contribution < -0.4 is 10.1 Å². The average Bonchev–Trinajstić information content (AvgIpc) is 3.45. The van der Waals surface area contributed by atoms with E-state index >= 15 is 0 Å². The van der Waals surface area contributed by atoms with Gasteiger partial charge in [0.2, 0.25) is 5.91 Å². The molecular formula is C26H29N5O2S2. The first kappa shape index (κ1) is 24.9. The number of thiazole rings is 1. The SMILES string of the molecule is Cc1csc(NC(=O)C(C)Sc2nnc(C(C)Oc3ccc(C(C)C)cc3)n2-c2ccccc2)n1. The van der Waals surface area contributed by atoms with Crippen molar-refractivity contribution in [2.24, 2.45) is 0 Å². The minimum atomic E-state index is -0.404. The summed E-state index contributed by atoms with van der Waals surface area (Å²) in [4.78, 5) is 17.1. The van der Waals surface area contributed by atoms with Gasteiger partial charge < -0.3 is 10.1 Å². The number of anilines is 1. The highest BCUT2D eigenvalue weighted by Crippen LogP contribution is 2.31. The van der Waals surface area contributed by atoms with Crippen LogP contribution in [0.3, 0.4) is 0 Å². The zero-order chi connectivity index (χ0) is 24.9. The second-order valence-electron chi connectivity index (χ2n) is 8.54. The van der Waals surface area contributed by atoms with Crippen molar-refractivity contribution in [1.29, 1.82) is 0 Å². The first-order valence-corrected chi connectivity index (χ1v) is 13.2. The van der Waals surface area contributed by atoms with Gasteiger partial charge in [-0.2, -0.15) is 0 Å². The van der Waals surface area contributed by atoms with Gasteiger partial charge in [0, 0.05) is 11.1 Å². The van der Waals surface area contributed by atoms with Crippen LogP contribution in [0.2, 0.25) is 0 Å². The van der Waals surface area contributed by atoms with Crippen LogP contribution >= 0.6 is 23.1 Å². The van der Waals surface area contributed by atoms with Crippen molar-refractivity contribution in [2.75, 3.05) is 5.32 Å².